The molecule has 0 aliphatic carbocycles. The van der Waals surface area contributed by atoms with E-state index >= 15 is 0 Å². The standard InChI is InChI=1S/C9H17N/c1-3-5-7-9-10-8-6-4-2/h3-4,10H,1-2,5-9H2. The Balaban J connectivity index is 2.76. The third-order valence-electron chi connectivity index (χ3n) is 1.29. The maximum absolute atomic E-state index is 3.65. The topological polar surface area (TPSA) is 12.0 Å². The average Bonchev–Trinajstić information content (AvgIpc) is 1.97. The normalized spacial score (nSPS) is 9.20. The van der Waals surface area contributed by atoms with Crippen LogP contribution in [0.25, 0.3) is 0 Å². The van der Waals surface area contributed by atoms with Crippen molar-refractivity contribution in [1.82, 2.24) is 5.32 Å². The van der Waals surface area contributed by atoms with E-state index in [1.54, 1.807) is 0 Å². The largest absolute Gasteiger partial charge is 0.316 e. The molecule has 1 N–H and O–H groups in total. The number of hydrogen-bond acceptors (Lipinski definition) is 1. The third kappa shape index (κ3) is 7.44. The number of nitrogens with one attached hydrogen (secondary N) is 1. The van der Waals surface area contributed by atoms with Gasteiger partial charge in [0.2, 0.25) is 0 Å². The molecule has 1 heteroatoms. The number of unbranched alkanes of at least 4 members (excludes halogenated alkanes) is 1. The van der Waals surface area contributed by atoms with Crippen LogP contribution < -0.4 is 5.32 Å². The zero-order valence-electron chi connectivity index (χ0n) is 6.60. The minimum absolute atomic E-state index is 1.06. The number of rotatable bonds is 7. The van der Waals surface area contributed by atoms with E-state index < -0.39 is 0 Å². The minimum Gasteiger partial charge on any atom is -0.316 e. The van der Waals surface area contributed by atoms with Crippen LogP contribution in [0.4, 0.5) is 0 Å². The lowest BCUT2D eigenvalue weighted by Crippen LogP contribution is -2.15. The van der Waals surface area contributed by atoms with Crippen molar-refractivity contribution < 1.29 is 0 Å². The Morgan fingerprint density at radius 1 is 1.00 bits per heavy atom. The highest BCUT2D eigenvalue weighted by Gasteiger charge is 1.82. The minimum atomic E-state index is 1.06. The van der Waals surface area contributed by atoms with Crippen LogP contribution in [0.15, 0.2) is 25.3 Å². The summed E-state index contributed by atoms with van der Waals surface area (Å²) >= 11 is 0. The first-order chi connectivity index (χ1) is 4.91. The fraction of sp³-hybridized carbons (Fsp3) is 0.556. The molecule has 10 heavy (non-hydrogen) atoms. The molecule has 0 saturated carbocycles. The lowest BCUT2D eigenvalue weighted by molar-refractivity contribution is 0.659. The van der Waals surface area contributed by atoms with Gasteiger partial charge in [-0.25, -0.2) is 0 Å². The molecule has 1 nitrogen and oxygen atoms in total. The predicted octanol–water partition coefficient (Wildman–Crippen LogP) is 2.12. The molecule has 0 bridgehead atoms. The van der Waals surface area contributed by atoms with Crippen LogP contribution in [0.3, 0.4) is 0 Å². The summed E-state index contributed by atoms with van der Waals surface area (Å²) in [6, 6.07) is 0. The highest BCUT2D eigenvalue weighted by atomic mass is 14.8. The molecule has 0 aliphatic rings. The third-order valence-corrected chi connectivity index (χ3v) is 1.29. The van der Waals surface area contributed by atoms with Crippen LogP contribution in [-0.4, -0.2) is 13.1 Å². The molecule has 0 fully saturated rings. The highest BCUT2D eigenvalue weighted by molar-refractivity contribution is 4.69. The van der Waals surface area contributed by atoms with Crippen LogP contribution in [0, 0.1) is 0 Å². The van der Waals surface area contributed by atoms with Crippen molar-refractivity contribution in [2.24, 2.45) is 0 Å². The molecule has 58 valence electrons. The van der Waals surface area contributed by atoms with E-state index in [1.807, 2.05) is 12.2 Å². The second-order valence-electron chi connectivity index (χ2n) is 2.26. The molecule has 0 amide bonds. The quantitative estimate of drug-likeness (QED) is 0.421. The van der Waals surface area contributed by atoms with E-state index in [2.05, 4.69) is 18.5 Å². The van der Waals surface area contributed by atoms with E-state index in [-0.39, 0.29) is 0 Å². The summed E-state index contributed by atoms with van der Waals surface area (Å²) in [5.41, 5.74) is 0. The Kier molecular flexibility index (Phi) is 7.97. The summed E-state index contributed by atoms with van der Waals surface area (Å²) in [6.07, 6.45) is 7.26. The SMILES string of the molecule is C=CCCCNCCC=C. The number of allylic oxidation sites excluding steroid dienone is 1. The highest BCUT2D eigenvalue weighted by Crippen LogP contribution is 1.86. The van der Waals surface area contributed by atoms with Gasteiger partial charge in [0.25, 0.3) is 0 Å². The first-order valence-corrected chi connectivity index (χ1v) is 3.84. The molecule has 0 unspecified atom stereocenters. The van der Waals surface area contributed by atoms with Crippen LogP contribution in [0.2, 0.25) is 0 Å². The van der Waals surface area contributed by atoms with Crippen molar-refractivity contribution in [2.75, 3.05) is 13.1 Å². The molecule has 0 aromatic heterocycles. The molecule has 0 heterocycles. The van der Waals surface area contributed by atoms with Gasteiger partial charge in [0.1, 0.15) is 0 Å². The summed E-state index contributed by atoms with van der Waals surface area (Å²) in [6.45, 7) is 9.44. The van der Waals surface area contributed by atoms with Crippen molar-refractivity contribution in [2.45, 2.75) is 19.3 Å². The van der Waals surface area contributed by atoms with Gasteiger partial charge in [0, 0.05) is 0 Å². The molecule has 0 rings (SSSR count). The van der Waals surface area contributed by atoms with Crippen LogP contribution >= 0.6 is 0 Å². The predicted molar refractivity (Wildman–Crippen MR) is 47.1 cm³/mol. The molecular formula is C9H17N. The van der Waals surface area contributed by atoms with Crippen LogP contribution in [0.1, 0.15) is 19.3 Å². The van der Waals surface area contributed by atoms with E-state index in [9.17, 15) is 0 Å². The van der Waals surface area contributed by atoms with Crippen molar-refractivity contribution in [1.29, 1.82) is 0 Å². The Morgan fingerprint density at radius 2 is 1.70 bits per heavy atom. The van der Waals surface area contributed by atoms with Gasteiger partial charge in [-0.05, 0) is 32.4 Å². The van der Waals surface area contributed by atoms with Gasteiger partial charge in [-0.3, -0.25) is 0 Å². The Bertz CT molecular complexity index is 74.7. The zero-order chi connectivity index (χ0) is 7.66. The second-order valence-corrected chi connectivity index (χ2v) is 2.26. The van der Waals surface area contributed by atoms with Crippen LogP contribution in [0.5, 0.6) is 0 Å². The summed E-state index contributed by atoms with van der Waals surface area (Å²) in [5.74, 6) is 0. The fourth-order valence-corrected chi connectivity index (χ4v) is 0.701. The van der Waals surface area contributed by atoms with E-state index in [0.29, 0.717) is 0 Å². The number of hydrogen-bond donors (Lipinski definition) is 1. The second kappa shape index (κ2) is 8.44. The molecule has 0 aliphatic heterocycles. The Hall–Kier alpha value is -0.560. The van der Waals surface area contributed by atoms with E-state index in [4.69, 9.17) is 0 Å². The van der Waals surface area contributed by atoms with Gasteiger partial charge in [-0.15, -0.1) is 13.2 Å². The zero-order valence-corrected chi connectivity index (χ0v) is 6.60. The van der Waals surface area contributed by atoms with Crippen molar-refractivity contribution in [3.63, 3.8) is 0 Å². The smallest absolute Gasteiger partial charge is 0.00144 e. The Morgan fingerprint density at radius 3 is 2.30 bits per heavy atom. The van der Waals surface area contributed by atoms with E-state index in [0.717, 1.165) is 25.9 Å². The van der Waals surface area contributed by atoms with Gasteiger partial charge < -0.3 is 5.32 Å². The van der Waals surface area contributed by atoms with Gasteiger partial charge in [-0.2, -0.15) is 0 Å². The van der Waals surface area contributed by atoms with Gasteiger partial charge in [0.15, 0.2) is 0 Å². The molecule has 0 saturated heterocycles. The van der Waals surface area contributed by atoms with Crippen LogP contribution in [-0.2, 0) is 0 Å². The lowest BCUT2D eigenvalue weighted by atomic mass is 10.3. The van der Waals surface area contributed by atoms with Crippen molar-refractivity contribution in [3.05, 3.63) is 25.3 Å². The maximum atomic E-state index is 3.65. The monoisotopic (exact) mass is 139 g/mol. The molecular weight excluding hydrogens is 122 g/mol. The lowest BCUT2D eigenvalue weighted by Gasteiger charge is -1.99. The maximum Gasteiger partial charge on any atom is -0.00144 e. The summed E-state index contributed by atoms with van der Waals surface area (Å²) in [4.78, 5) is 0. The first-order valence-electron chi connectivity index (χ1n) is 3.84. The van der Waals surface area contributed by atoms with Crippen molar-refractivity contribution >= 4 is 0 Å². The summed E-state index contributed by atoms with van der Waals surface area (Å²) in [5, 5.41) is 3.30. The average molecular weight is 139 g/mol. The first kappa shape index (κ1) is 9.44. The van der Waals surface area contributed by atoms with E-state index in [1.165, 1.54) is 6.42 Å². The molecule has 0 spiro atoms. The molecule has 0 aromatic rings. The molecule has 0 radical (unpaired) electrons. The van der Waals surface area contributed by atoms with Gasteiger partial charge in [0.05, 0.1) is 0 Å². The van der Waals surface area contributed by atoms with Gasteiger partial charge >= 0.3 is 0 Å². The fourth-order valence-electron chi connectivity index (χ4n) is 0.701. The van der Waals surface area contributed by atoms with Gasteiger partial charge in [-0.1, -0.05) is 12.2 Å². The Labute approximate surface area is 63.8 Å². The summed E-state index contributed by atoms with van der Waals surface area (Å²) in [7, 11) is 0. The molecule has 0 atom stereocenters. The van der Waals surface area contributed by atoms with Crippen molar-refractivity contribution in [3.8, 4) is 0 Å². The molecule has 0 aromatic carbocycles. The summed E-state index contributed by atoms with van der Waals surface area (Å²) < 4.78 is 0.